The highest BCUT2D eigenvalue weighted by Crippen LogP contribution is 2.37. The Labute approximate surface area is 245 Å². The number of aliphatic hydroxyl groups is 6. The lowest BCUT2D eigenvalue weighted by atomic mass is 9.97. The summed E-state index contributed by atoms with van der Waals surface area (Å²) in [6, 6.07) is 6.59. The van der Waals surface area contributed by atoms with Crippen LogP contribution in [0, 0.1) is 0 Å². The van der Waals surface area contributed by atoms with E-state index >= 15 is 0 Å². The number of benzene rings is 2. The molecule has 1 unspecified atom stereocenters. The second-order valence-electron chi connectivity index (χ2n) is 10.4. The average molecular weight is 613 g/mol. The fourth-order valence-corrected chi connectivity index (χ4v) is 4.93. The van der Waals surface area contributed by atoms with Crippen LogP contribution in [-0.4, -0.2) is 127 Å². The molecule has 4 rings (SSSR count). The Morgan fingerprint density at radius 1 is 0.837 bits per heavy atom. The van der Waals surface area contributed by atoms with Crippen LogP contribution in [0.5, 0.6) is 28.7 Å². The molecule has 0 aromatic heterocycles. The van der Waals surface area contributed by atoms with Gasteiger partial charge in [0.25, 0.3) is 0 Å². The molecule has 2 heterocycles. The molecule has 10 atom stereocenters. The Bertz CT molecular complexity index is 1250. The molecule has 238 valence electrons. The lowest BCUT2D eigenvalue weighted by Crippen LogP contribution is -2.64. The van der Waals surface area contributed by atoms with E-state index in [2.05, 4.69) is 0 Å². The predicted octanol–water partition coefficient (Wildman–Crippen LogP) is -1.34. The number of ether oxygens (including phenoxy) is 5. The molecule has 15 nitrogen and oxygen atoms in total. The first-order valence-electron chi connectivity index (χ1n) is 13.5. The number of phenolic OH excluding ortho intramolecular Hbond substituents is 3. The van der Waals surface area contributed by atoms with Crippen molar-refractivity contribution in [2.24, 2.45) is 0 Å². The summed E-state index contributed by atoms with van der Waals surface area (Å²) in [5.74, 6) is -2.04. The van der Waals surface area contributed by atoms with Crippen molar-refractivity contribution >= 4 is 5.78 Å². The molecule has 15 heteroatoms. The van der Waals surface area contributed by atoms with Gasteiger partial charge in [0, 0.05) is 18.6 Å². The molecule has 0 spiro atoms. The highest BCUT2D eigenvalue weighted by molar-refractivity contribution is 6.01. The van der Waals surface area contributed by atoms with Gasteiger partial charge in [-0.3, -0.25) is 4.79 Å². The largest absolute Gasteiger partial charge is 0.507 e. The summed E-state index contributed by atoms with van der Waals surface area (Å²) >= 11 is 0. The molecule has 0 amide bonds. The van der Waals surface area contributed by atoms with Crippen LogP contribution in [-0.2, 0) is 20.6 Å². The maximum atomic E-state index is 12.9. The third kappa shape index (κ3) is 6.95. The fourth-order valence-electron chi connectivity index (χ4n) is 4.93. The molecule has 0 saturated carbocycles. The van der Waals surface area contributed by atoms with E-state index in [1.165, 1.54) is 26.2 Å². The van der Waals surface area contributed by atoms with Crippen molar-refractivity contribution in [3.8, 4) is 28.7 Å². The molecule has 2 fully saturated rings. The number of carbonyl (C=O) groups excluding carboxylic acids is 1. The van der Waals surface area contributed by atoms with Crippen molar-refractivity contribution < 1.29 is 74.4 Å². The molecule has 9 N–H and O–H groups in total. The summed E-state index contributed by atoms with van der Waals surface area (Å²) < 4.78 is 27.2. The Hall–Kier alpha value is -3.25. The van der Waals surface area contributed by atoms with Gasteiger partial charge in [-0.1, -0.05) is 6.07 Å². The van der Waals surface area contributed by atoms with Crippen molar-refractivity contribution in [2.45, 2.75) is 81.2 Å². The van der Waals surface area contributed by atoms with E-state index in [1.807, 2.05) is 0 Å². The normalized spacial score (nSPS) is 32.7. The smallest absolute Gasteiger partial charge is 0.229 e. The second-order valence-corrected chi connectivity index (χ2v) is 10.4. The Morgan fingerprint density at radius 3 is 2.12 bits per heavy atom. The van der Waals surface area contributed by atoms with Gasteiger partial charge in [0.1, 0.15) is 59.4 Å². The fraction of sp³-hybridized carbons (Fsp3) is 0.536. The maximum absolute atomic E-state index is 12.9. The van der Waals surface area contributed by atoms with Gasteiger partial charge in [0.2, 0.25) is 6.29 Å². The van der Waals surface area contributed by atoms with Gasteiger partial charge in [0.15, 0.2) is 29.7 Å². The zero-order valence-electron chi connectivity index (χ0n) is 23.3. The Morgan fingerprint density at radius 2 is 1.51 bits per heavy atom. The molecular formula is C28H36O15. The third-order valence-electron chi connectivity index (χ3n) is 7.41. The van der Waals surface area contributed by atoms with E-state index in [9.17, 15) is 50.8 Å². The van der Waals surface area contributed by atoms with E-state index in [0.29, 0.717) is 5.56 Å². The number of aliphatic hydroxyl groups excluding tert-OH is 6. The van der Waals surface area contributed by atoms with Crippen molar-refractivity contribution in [3.05, 3.63) is 41.5 Å². The average Bonchev–Trinajstić information content (AvgIpc) is 2.96. The van der Waals surface area contributed by atoms with Crippen LogP contribution in [0.1, 0.15) is 29.3 Å². The summed E-state index contributed by atoms with van der Waals surface area (Å²) in [4.78, 5) is 12.9. The molecule has 0 aliphatic carbocycles. The van der Waals surface area contributed by atoms with Crippen molar-refractivity contribution in [1.82, 2.24) is 0 Å². The minimum absolute atomic E-state index is 0.110. The first-order valence-corrected chi connectivity index (χ1v) is 13.5. The highest BCUT2D eigenvalue weighted by atomic mass is 16.8. The number of Topliss-reactive ketones (excluding diaryl/α,β-unsaturated/α-hetero) is 1. The quantitative estimate of drug-likeness (QED) is 0.141. The number of phenols is 3. The zero-order chi connectivity index (χ0) is 31.6. The van der Waals surface area contributed by atoms with Gasteiger partial charge in [-0.05, 0) is 31.0 Å². The van der Waals surface area contributed by atoms with Gasteiger partial charge < -0.3 is 69.6 Å². The third-order valence-corrected chi connectivity index (χ3v) is 7.41. The molecule has 43 heavy (non-hydrogen) atoms. The van der Waals surface area contributed by atoms with Crippen LogP contribution in [0.15, 0.2) is 30.3 Å². The summed E-state index contributed by atoms with van der Waals surface area (Å²) in [7, 11) is 1.40. The number of carbonyl (C=O) groups is 1. The van der Waals surface area contributed by atoms with Gasteiger partial charge in [-0.25, -0.2) is 0 Å². The van der Waals surface area contributed by atoms with Crippen LogP contribution in [0.2, 0.25) is 0 Å². The maximum Gasteiger partial charge on any atom is 0.229 e. The predicted molar refractivity (Wildman–Crippen MR) is 143 cm³/mol. The van der Waals surface area contributed by atoms with Gasteiger partial charge >= 0.3 is 0 Å². The lowest BCUT2D eigenvalue weighted by Gasteiger charge is -2.45. The standard InChI is InChI=1S/C28H36O15/c1-11-21(34)23(36)25(38)27(40-11)43-26-24(37)22(35)19(10-29)42-28(26)41-13-8-16(32)20(17(33)9-13)14(30)5-3-12-4-6-18(39-2)15(31)7-12/h4,6-9,11,19,21-29,31-38H,3,5,10H2,1-2H3/t11-,19+,21-,22+,23+,24-,25+,26?,27-,28+/m0/s1. The molecular weight excluding hydrogens is 576 g/mol. The van der Waals surface area contributed by atoms with Crippen molar-refractivity contribution in [3.63, 3.8) is 0 Å². The van der Waals surface area contributed by atoms with E-state index in [4.69, 9.17) is 23.7 Å². The Kier molecular flexibility index (Phi) is 10.3. The molecule has 2 aliphatic heterocycles. The first-order chi connectivity index (χ1) is 20.4. The minimum atomic E-state index is -1.79. The molecule has 2 aliphatic rings. The van der Waals surface area contributed by atoms with E-state index in [1.54, 1.807) is 6.07 Å². The summed E-state index contributed by atoms with van der Waals surface area (Å²) in [5, 5.41) is 92.3. The molecule has 0 radical (unpaired) electrons. The number of aromatic hydroxyl groups is 3. The van der Waals surface area contributed by atoms with Gasteiger partial charge in [-0.2, -0.15) is 0 Å². The molecule has 2 aromatic rings. The number of methoxy groups -OCH3 is 1. The SMILES string of the molecule is COc1ccc(CCC(=O)c2c(O)cc(O[C@@H]3O[C@H](CO)[C@@H](O)[C@H](O)C3O[C@@H]3O[C@@H](C)[C@H](O)[C@@H](O)[C@H]3O)cc2O)cc1O. The number of ketones is 1. The van der Waals surface area contributed by atoms with Crippen LogP contribution in [0.3, 0.4) is 0 Å². The topological polar surface area (TPSA) is 245 Å². The van der Waals surface area contributed by atoms with Crippen LogP contribution in [0.4, 0.5) is 0 Å². The summed E-state index contributed by atoms with van der Waals surface area (Å²) in [6.07, 6.45) is -15.5. The van der Waals surface area contributed by atoms with E-state index in [-0.39, 0.29) is 30.1 Å². The number of hydrogen-bond donors (Lipinski definition) is 9. The first kappa shape index (κ1) is 32.7. The van der Waals surface area contributed by atoms with Gasteiger partial charge in [0.05, 0.1) is 19.8 Å². The van der Waals surface area contributed by atoms with Gasteiger partial charge in [-0.15, -0.1) is 0 Å². The highest BCUT2D eigenvalue weighted by Gasteiger charge is 2.51. The van der Waals surface area contributed by atoms with E-state index in [0.717, 1.165) is 12.1 Å². The second kappa shape index (κ2) is 13.6. The molecule has 2 aromatic carbocycles. The summed E-state index contributed by atoms with van der Waals surface area (Å²) in [6.45, 7) is 0.662. The van der Waals surface area contributed by atoms with Crippen LogP contribution < -0.4 is 9.47 Å². The van der Waals surface area contributed by atoms with Crippen molar-refractivity contribution in [1.29, 1.82) is 0 Å². The van der Waals surface area contributed by atoms with Crippen LogP contribution in [0.25, 0.3) is 0 Å². The number of rotatable bonds is 10. The lowest BCUT2D eigenvalue weighted by molar-refractivity contribution is -0.354. The van der Waals surface area contributed by atoms with Crippen molar-refractivity contribution in [2.75, 3.05) is 13.7 Å². The van der Waals surface area contributed by atoms with Crippen LogP contribution >= 0.6 is 0 Å². The monoisotopic (exact) mass is 612 g/mol. The summed E-state index contributed by atoms with van der Waals surface area (Å²) in [5.41, 5.74) is 0.208. The molecule has 0 bridgehead atoms. The number of hydrogen-bond acceptors (Lipinski definition) is 15. The Balaban J connectivity index is 1.51. The number of aryl methyl sites for hydroxylation is 1. The zero-order valence-corrected chi connectivity index (χ0v) is 23.3. The molecule has 2 saturated heterocycles. The minimum Gasteiger partial charge on any atom is -0.507 e. The van der Waals surface area contributed by atoms with E-state index < -0.39 is 90.9 Å².